The molecule has 1 amide bonds. The van der Waals surface area contributed by atoms with Crippen molar-refractivity contribution in [2.24, 2.45) is 5.92 Å². The van der Waals surface area contributed by atoms with E-state index in [-0.39, 0.29) is 12.5 Å². The smallest absolute Gasteiger partial charge is 0.233 e. The van der Waals surface area contributed by atoms with Crippen molar-refractivity contribution in [3.63, 3.8) is 0 Å². The molecule has 2 N–H and O–H groups in total. The number of carbonyl (C=O) groups is 1. The number of ether oxygens (including phenoxy) is 1. The minimum atomic E-state index is 0.127. The fourth-order valence-electron chi connectivity index (χ4n) is 3.23. The standard InChI is InChI=1S/C20H29N5O2S/c1-14(2)16-6-8-17(9-7-16)27-12-18-22-23-20(25(18)21)28-13-19(26)24-10-4-5-15(3)11-24/h6-9,14-15H,4-5,10-13,21H2,1-3H3/t15-/m0/s1. The molecule has 0 bridgehead atoms. The average Bonchev–Trinajstić information content (AvgIpc) is 3.04. The zero-order valence-electron chi connectivity index (χ0n) is 16.8. The van der Waals surface area contributed by atoms with Crippen LogP contribution in [-0.4, -0.2) is 44.5 Å². The molecule has 1 aliphatic rings. The molecule has 1 aromatic heterocycles. The van der Waals surface area contributed by atoms with Crippen LogP contribution in [0.15, 0.2) is 29.4 Å². The lowest BCUT2D eigenvalue weighted by Gasteiger charge is -2.30. The van der Waals surface area contributed by atoms with Crippen molar-refractivity contribution in [2.45, 2.75) is 51.3 Å². The summed E-state index contributed by atoms with van der Waals surface area (Å²) in [5.41, 5.74) is 1.26. The van der Waals surface area contributed by atoms with Crippen LogP contribution >= 0.6 is 11.8 Å². The van der Waals surface area contributed by atoms with Crippen LogP contribution in [0, 0.1) is 5.92 Å². The molecule has 2 aromatic rings. The number of hydrogen-bond donors (Lipinski definition) is 1. The van der Waals surface area contributed by atoms with E-state index in [9.17, 15) is 4.79 Å². The van der Waals surface area contributed by atoms with Gasteiger partial charge in [-0.1, -0.05) is 44.7 Å². The van der Waals surface area contributed by atoms with Crippen LogP contribution in [-0.2, 0) is 11.4 Å². The minimum Gasteiger partial charge on any atom is -0.486 e. The van der Waals surface area contributed by atoms with Gasteiger partial charge in [0, 0.05) is 13.1 Å². The molecule has 0 spiro atoms. The first-order chi connectivity index (χ1) is 13.4. The van der Waals surface area contributed by atoms with Crippen LogP contribution < -0.4 is 10.6 Å². The Morgan fingerprint density at radius 1 is 1.32 bits per heavy atom. The normalized spacial score (nSPS) is 17.1. The second-order valence-electron chi connectivity index (χ2n) is 7.66. The van der Waals surface area contributed by atoms with E-state index in [1.807, 2.05) is 17.0 Å². The molecule has 0 unspecified atom stereocenters. The lowest BCUT2D eigenvalue weighted by atomic mass is 10.0. The Bertz CT molecular complexity index is 790. The summed E-state index contributed by atoms with van der Waals surface area (Å²) in [6.07, 6.45) is 2.27. The lowest BCUT2D eigenvalue weighted by Crippen LogP contribution is -2.40. The molecular formula is C20H29N5O2S. The Morgan fingerprint density at radius 2 is 2.07 bits per heavy atom. The third-order valence-corrected chi connectivity index (χ3v) is 5.91. The van der Waals surface area contributed by atoms with Gasteiger partial charge >= 0.3 is 0 Å². The third kappa shape index (κ3) is 5.19. The van der Waals surface area contributed by atoms with Crippen molar-refractivity contribution in [3.05, 3.63) is 35.7 Å². The maximum absolute atomic E-state index is 12.4. The average molecular weight is 404 g/mol. The van der Waals surface area contributed by atoms with Gasteiger partial charge in [0.2, 0.25) is 11.1 Å². The molecule has 28 heavy (non-hydrogen) atoms. The Balaban J connectivity index is 1.51. The van der Waals surface area contributed by atoms with Crippen molar-refractivity contribution in [1.29, 1.82) is 0 Å². The Labute approximate surface area is 170 Å². The molecule has 1 aromatic carbocycles. The molecule has 8 heteroatoms. The number of nitrogens with two attached hydrogens (primary N) is 1. The van der Waals surface area contributed by atoms with E-state index in [0.29, 0.717) is 28.6 Å². The number of thioether (sulfide) groups is 1. The predicted octanol–water partition coefficient (Wildman–Crippen LogP) is 3.04. The number of aromatic nitrogens is 3. The van der Waals surface area contributed by atoms with Crippen molar-refractivity contribution in [1.82, 2.24) is 19.8 Å². The molecule has 1 fully saturated rings. The summed E-state index contributed by atoms with van der Waals surface area (Å²) < 4.78 is 7.17. The van der Waals surface area contributed by atoms with E-state index < -0.39 is 0 Å². The first kappa shape index (κ1) is 20.5. The van der Waals surface area contributed by atoms with Crippen molar-refractivity contribution in [2.75, 3.05) is 24.7 Å². The first-order valence-corrected chi connectivity index (χ1v) is 10.7. The monoisotopic (exact) mass is 403 g/mol. The van der Waals surface area contributed by atoms with Crippen LogP contribution in [0.25, 0.3) is 0 Å². The van der Waals surface area contributed by atoms with Crippen LogP contribution in [0.5, 0.6) is 5.75 Å². The van der Waals surface area contributed by atoms with Gasteiger partial charge in [0.25, 0.3) is 0 Å². The summed E-state index contributed by atoms with van der Waals surface area (Å²) in [6, 6.07) is 8.00. The number of nitrogens with zero attached hydrogens (tertiary/aromatic N) is 4. The van der Waals surface area contributed by atoms with E-state index in [1.54, 1.807) is 0 Å². The largest absolute Gasteiger partial charge is 0.486 e. The zero-order valence-corrected chi connectivity index (χ0v) is 17.6. The van der Waals surface area contributed by atoms with E-state index in [2.05, 4.69) is 43.1 Å². The Hall–Kier alpha value is -2.22. The quantitative estimate of drug-likeness (QED) is 0.565. The molecule has 1 atom stereocenters. The SMILES string of the molecule is CC(C)c1ccc(OCc2nnc(SCC(=O)N3CCC[C@H](C)C3)n2N)cc1. The highest BCUT2D eigenvalue weighted by atomic mass is 32.2. The van der Waals surface area contributed by atoms with Gasteiger partial charge in [-0.05, 0) is 42.4 Å². The lowest BCUT2D eigenvalue weighted by molar-refractivity contribution is -0.130. The number of hydrogen-bond acceptors (Lipinski definition) is 6. The number of nitrogen functional groups attached to an aromatic ring is 1. The van der Waals surface area contributed by atoms with Gasteiger partial charge < -0.3 is 15.5 Å². The maximum Gasteiger partial charge on any atom is 0.233 e. The topological polar surface area (TPSA) is 86.3 Å². The summed E-state index contributed by atoms with van der Waals surface area (Å²) >= 11 is 1.32. The molecular weight excluding hydrogens is 374 g/mol. The molecule has 152 valence electrons. The van der Waals surface area contributed by atoms with Crippen molar-refractivity contribution in [3.8, 4) is 5.75 Å². The highest BCUT2D eigenvalue weighted by molar-refractivity contribution is 7.99. The summed E-state index contributed by atoms with van der Waals surface area (Å²) in [4.78, 5) is 14.3. The molecule has 0 saturated carbocycles. The number of piperidine rings is 1. The van der Waals surface area contributed by atoms with Crippen LogP contribution in [0.3, 0.4) is 0 Å². The van der Waals surface area contributed by atoms with Crippen LogP contribution in [0.4, 0.5) is 0 Å². The second-order valence-corrected chi connectivity index (χ2v) is 8.60. The highest BCUT2D eigenvalue weighted by Crippen LogP contribution is 2.21. The summed E-state index contributed by atoms with van der Waals surface area (Å²) in [5.74, 6) is 8.86. The maximum atomic E-state index is 12.4. The molecule has 0 aliphatic carbocycles. The molecule has 0 radical (unpaired) electrons. The number of benzene rings is 1. The van der Waals surface area contributed by atoms with E-state index >= 15 is 0 Å². The first-order valence-electron chi connectivity index (χ1n) is 9.76. The Morgan fingerprint density at radius 3 is 2.75 bits per heavy atom. The Kier molecular flexibility index (Phi) is 6.83. The number of carbonyl (C=O) groups excluding carboxylic acids is 1. The van der Waals surface area contributed by atoms with Gasteiger partial charge in [0.1, 0.15) is 12.4 Å². The van der Waals surface area contributed by atoms with E-state index in [4.69, 9.17) is 10.6 Å². The summed E-state index contributed by atoms with van der Waals surface area (Å²) in [5, 5.41) is 8.71. The summed E-state index contributed by atoms with van der Waals surface area (Å²) in [6.45, 7) is 8.40. The second kappa shape index (κ2) is 9.32. The van der Waals surface area contributed by atoms with Crippen LogP contribution in [0.1, 0.15) is 50.9 Å². The van der Waals surface area contributed by atoms with Crippen LogP contribution in [0.2, 0.25) is 0 Å². The minimum absolute atomic E-state index is 0.127. The zero-order chi connectivity index (χ0) is 20.1. The van der Waals surface area contributed by atoms with E-state index in [0.717, 1.165) is 25.3 Å². The molecule has 1 saturated heterocycles. The highest BCUT2D eigenvalue weighted by Gasteiger charge is 2.22. The summed E-state index contributed by atoms with van der Waals surface area (Å²) in [7, 11) is 0. The molecule has 7 nitrogen and oxygen atoms in total. The molecule has 3 rings (SSSR count). The van der Waals surface area contributed by atoms with Crippen molar-refractivity contribution >= 4 is 17.7 Å². The third-order valence-electron chi connectivity index (χ3n) is 4.98. The van der Waals surface area contributed by atoms with Gasteiger partial charge in [0.15, 0.2) is 5.82 Å². The van der Waals surface area contributed by atoms with Gasteiger partial charge in [-0.15, -0.1) is 10.2 Å². The van der Waals surface area contributed by atoms with Gasteiger partial charge in [-0.3, -0.25) is 4.79 Å². The van der Waals surface area contributed by atoms with E-state index in [1.165, 1.54) is 28.4 Å². The van der Waals surface area contributed by atoms with Gasteiger partial charge in [0.05, 0.1) is 5.75 Å². The molecule has 2 heterocycles. The van der Waals surface area contributed by atoms with Gasteiger partial charge in [-0.2, -0.15) is 0 Å². The van der Waals surface area contributed by atoms with Gasteiger partial charge in [-0.25, -0.2) is 4.68 Å². The predicted molar refractivity (Wildman–Crippen MR) is 111 cm³/mol. The number of rotatable bonds is 7. The number of amides is 1. The number of likely N-dealkylation sites (tertiary alicyclic amines) is 1. The fourth-order valence-corrected chi connectivity index (χ4v) is 4.01. The fraction of sp³-hybridized carbons (Fsp3) is 0.550. The molecule has 1 aliphatic heterocycles. The van der Waals surface area contributed by atoms with Crippen molar-refractivity contribution < 1.29 is 9.53 Å².